The van der Waals surface area contributed by atoms with Gasteiger partial charge in [-0.2, -0.15) is 0 Å². The van der Waals surface area contributed by atoms with E-state index in [1.54, 1.807) is 0 Å². The first kappa shape index (κ1) is 14.8. The predicted octanol–water partition coefficient (Wildman–Crippen LogP) is 3.81. The molecule has 1 heterocycles. The number of aliphatic carboxylic acids is 1. The lowest BCUT2D eigenvalue weighted by atomic mass is 10.0. The van der Waals surface area contributed by atoms with Crippen molar-refractivity contribution in [3.05, 3.63) is 48.2 Å². The van der Waals surface area contributed by atoms with Crippen LogP contribution in [0.5, 0.6) is 0 Å². The number of rotatable bonds is 1. The zero-order valence-corrected chi connectivity index (χ0v) is 12.3. The highest BCUT2D eigenvalue weighted by atomic mass is 16.4. The molecule has 1 aromatic heterocycles. The van der Waals surface area contributed by atoms with Gasteiger partial charge in [0.1, 0.15) is 0 Å². The van der Waals surface area contributed by atoms with E-state index in [1.165, 1.54) is 21.7 Å². The van der Waals surface area contributed by atoms with Gasteiger partial charge in [0.2, 0.25) is 0 Å². The van der Waals surface area contributed by atoms with Crippen LogP contribution in [0.25, 0.3) is 21.7 Å². The van der Waals surface area contributed by atoms with E-state index in [-0.39, 0.29) is 0 Å². The second-order valence-electron chi connectivity index (χ2n) is 4.98. The van der Waals surface area contributed by atoms with Gasteiger partial charge in [0.05, 0.1) is 5.52 Å². The number of aryl methyl sites for hydroxylation is 1. The average Bonchev–Trinajstić information content (AvgIpc) is 2.76. The van der Waals surface area contributed by atoms with Crippen LogP contribution in [0, 0.1) is 5.41 Å². The highest BCUT2D eigenvalue weighted by Crippen LogP contribution is 2.28. The Balaban J connectivity index is 0.000000361. The molecule has 0 bridgehead atoms. The van der Waals surface area contributed by atoms with E-state index in [1.807, 2.05) is 20.2 Å². The fourth-order valence-corrected chi connectivity index (χ4v) is 2.48. The Labute approximate surface area is 123 Å². The standard InChI is InChI=1S/C15H14N2.C2H4O2/c1-10(16)14-9-17(2)15-12-6-4-3-5-11(12)7-8-13(14)15;1-2(3)4/h3-9,16H,1-2H3;1H3,(H,3,4). The number of hydrogen-bond donors (Lipinski definition) is 2. The maximum absolute atomic E-state index is 9.00. The number of carboxylic acids is 1. The topological polar surface area (TPSA) is 66.1 Å². The summed E-state index contributed by atoms with van der Waals surface area (Å²) in [5.41, 5.74) is 2.85. The van der Waals surface area contributed by atoms with Crippen LogP contribution in [-0.2, 0) is 11.8 Å². The van der Waals surface area contributed by atoms with E-state index in [4.69, 9.17) is 15.3 Å². The molecule has 0 radical (unpaired) electrons. The van der Waals surface area contributed by atoms with Crippen molar-refractivity contribution in [1.29, 1.82) is 5.41 Å². The van der Waals surface area contributed by atoms with Gasteiger partial charge in [-0.25, -0.2) is 0 Å². The molecule has 0 unspecified atom stereocenters. The van der Waals surface area contributed by atoms with Crippen LogP contribution >= 0.6 is 0 Å². The average molecular weight is 282 g/mol. The van der Waals surface area contributed by atoms with Crippen molar-refractivity contribution in [1.82, 2.24) is 4.57 Å². The Morgan fingerprint density at radius 3 is 2.33 bits per heavy atom. The first-order valence-corrected chi connectivity index (χ1v) is 6.63. The van der Waals surface area contributed by atoms with Gasteiger partial charge >= 0.3 is 0 Å². The van der Waals surface area contributed by atoms with Crippen molar-refractivity contribution < 1.29 is 9.90 Å². The lowest BCUT2D eigenvalue weighted by molar-refractivity contribution is -0.134. The second-order valence-corrected chi connectivity index (χ2v) is 4.98. The Hall–Kier alpha value is -2.62. The molecule has 0 aliphatic rings. The third-order valence-electron chi connectivity index (χ3n) is 3.27. The molecular weight excluding hydrogens is 264 g/mol. The molecule has 2 N–H and O–H groups in total. The minimum Gasteiger partial charge on any atom is -0.481 e. The quantitative estimate of drug-likeness (QED) is 0.666. The number of aromatic nitrogens is 1. The molecule has 0 amide bonds. The Bertz CT molecular complexity index is 827. The van der Waals surface area contributed by atoms with E-state index in [2.05, 4.69) is 41.0 Å². The summed E-state index contributed by atoms with van der Waals surface area (Å²) in [6.07, 6.45) is 2.04. The van der Waals surface area contributed by atoms with Gasteiger partial charge in [0.15, 0.2) is 0 Å². The minimum atomic E-state index is -0.833. The van der Waals surface area contributed by atoms with Crippen LogP contribution in [0.4, 0.5) is 0 Å². The normalized spacial score (nSPS) is 10.2. The van der Waals surface area contributed by atoms with Crippen LogP contribution < -0.4 is 0 Å². The highest BCUT2D eigenvalue weighted by Gasteiger charge is 2.10. The highest BCUT2D eigenvalue weighted by molar-refractivity contribution is 6.15. The third kappa shape index (κ3) is 2.94. The number of carbonyl (C=O) groups is 1. The summed E-state index contributed by atoms with van der Waals surface area (Å²) in [4.78, 5) is 9.00. The lowest BCUT2D eigenvalue weighted by Crippen LogP contribution is -1.89. The van der Waals surface area contributed by atoms with Gasteiger partial charge in [-0.3, -0.25) is 4.79 Å². The molecule has 2 aromatic carbocycles. The molecule has 0 fully saturated rings. The van der Waals surface area contributed by atoms with Crippen molar-refractivity contribution in [3.63, 3.8) is 0 Å². The van der Waals surface area contributed by atoms with Gasteiger partial charge in [-0.15, -0.1) is 0 Å². The first-order chi connectivity index (χ1) is 9.91. The summed E-state index contributed by atoms with van der Waals surface area (Å²) in [5, 5.41) is 18.9. The number of nitrogens with zero attached hydrogens (tertiary/aromatic N) is 1. The van der Waals surface area contributed by atoms with Gasteiger partial charge in [0, 0.05) is 42.2 Å². The van der Waals surface area contributed by atoms with E-state index >= 15 is 0 Å². The number of hydrogen-bond acceptors (Lipinski definition) is 2. The van der Waals surface area contributed by atoms with Gasteiger partial charge in [-0.1, -0.05) is 36.4 Å². The number of nitrogens with one attached hydrogen (secondary N) is 1. The lowest BCUT2D eigenvalue weighted by Gasteiger charge is -2.02. The summed E-state index contributed by atoms with van der Waals surface area (Å²) in [6.45, 7) is 2.92. The maximum Gasteiger partial charge on any atom is 0.300 e. The zero-order valence-electron chi connectivity index (χ0n) is 12.3. The van der Waals surface area contributed by atoms with E-state index in [0.29, 0.717) is 5.71 Å². The second kappa shape index (κ2) is 5.79. The number of carboxylic acid groups (broad SMARTS) is 1. The van der Waals surface area contributed by atoms with E-state index in [0.717, 1.165) is 12.5 Å². The Morgan fingerprint density at radius 2 is 1.71 bits per heavy atom. The fraction of sp³-hybridized carbons (Fsp3) is 0.176. The van der Waals surface area contributed by atoms with E-state index in [9.17, 15) is 0 Å². The minimum absolute atomic E-state index is 0.617. The van der Waals surface area contributed by atoms with Crippen LogP contribution in [0.2, 0.25) is 0 Å². The third-order valence-corrected chi connectivity index (χ3v) is 3.27. The molecule has 4 nitrogen and oxygen atoms in total. The smallest absolute Gasteiger partial charge is 0.300 e. The molecule has 0 saturated carbocycles. The zero-order chi connectivity index (χ0) is 15.6. The maximum atomic E-state index is 9.00. The Morgan fingerprint density at radius 1 is 1.10 bits per heavy atom. The summed E-state index contributed by atoms with van der Waals surface area (Å²) < 4.78 is 2.12. The molecule has 0 atom stereocenters. The van der Waals surface area contributed by atoms with Crippen LogP contribution in [0.3, 0.4) is 0 Å². The fourth-order valence-electron chi connectivity index (χ4n) is 2.48. The molecule has 108 valence electrons. The van der Waals surface area contributed by atoms with Crippen molar-refractivity contribution in [2.45, 2.75) is 13.8 Å². The largest absolute Gasteiger partial charge is 0.481 e. The molecule has 0 aliphatic heterocycles. The van der Waals surface area contributed by atoms with Crippen molar-refractivity contribution in [3.8, 4) is 0 Å². The Kier molecular flexibility index (Phi) is 4.08. The predicted molar refractivity (Wildman–Crippen MR) is 86.2 cm³/mol. The van der Waals surface area contributed by atoms with E-state index < -0.39 is 5.97 Å². The summed E-state index contributed by atoms with van der Waals surface area (Å²) in [7, 11) is 2.04. The van der Waals surface area contributed by atoms with Crippen LogP contribution in [-0.4, -0.2) is 21.4 Å². The molecule has 21 heavy (non-hydrogen) atoms. The molecule has 3 rings (SSSR count). The van der Waals surface area contributed by atoms with Gasteiger partial charge in [-0.05, 0) is 12.3 Å². The summed E-state index contributed by atoms with van der Waals surface area (Å²) in [6, 6.07) is 12.6. The number of fused-ring (bicyclic) bond motifs is 3. The molecule has 3 aromatic rings. The van der Waals surface area contributed by atoms with Gasteiger partial charge < -0.3 is 15.1 Å². The molecule has 0 saturated heterocycles. The molecular formula is C17H18N2O2. The van der Waals surface area contributed by atoms with Crippen molar-refractivity contribution in [2.75, 3.05) is 0 Å². The number of benzene rings is 2. The summed E-state index contributed by atoms with van der Waals surface area (Å²) >= 11 is 0. The van der Waals surface area contributed by atoms with Crippen molar-refractivity contribution in [2.24, 2.45) is 7.05 Å². The van der Waals surface area contributed by atoms with Gasteiger partial charge in [0.25, 0.3) is 5.97 Å². The van der Waals surface area contributed by atoms with Crippen LogP contribution in [0.1, 0.15) is 19.4 Å². The molecule has 4 heteroatoms. The molecule has 0 spiro atoms. The molecule has 0 aliphatic carbocycles. The first-order valence-electron chi connectivity index (χ1n) is 6.63. The van der Waals surface area contributed by atoms with Crippen LogP contribution in [0.15, 0.2) is 42.6 Å². The monoisotopic (exact) mass is 282 g/mol. The summed E-state index contributed by atoms with van der Waals surface area (Å²) in [5.74, 6) is -0.833. The SMILES string of the molecule is CC(=N)c1cn(C)c2c1ccc1ccccc12.CC(=O)O. The van der Waals surface area contributed by atoms with Crippen molar-refractivity contribution >= 4 is 33.4 Å².